The zero-order valence-electron chi connectivity index (χ0n) is 6.82. The highest BCUT2D eigenvalue weighted by Gasteiger charge is 2.29. The monoisotopic (exact) mass is 175 g/mol. The molecule has 0 spiro atoms. The number of carboxylic acid groups (broad SMARTS) is 1. The molecule has 0 unspecified atom stereocenters. The third-order valence-corrected chi connectivity index (χ3v) is 2.31. The maximum absolute atomic E-state index is 11.3. The van der Waals surface area contributed by atoms with Gasteiger partial charge in [-0.1, -0.05) is 24.3 Å². The summed E-state index contributed by atoms with van der Waals surface area (Å²) in [6, 6.07) is 6.78. The van der Waals surface area contributed by atoms with Crippen LogP contribution in [0.2, 0.25) is 0 Å². The van der Waals surface area contributed by atoms with Crippen LogP contribution >= 0.6 is 0 Å². The summed E-state index contributed by atoms with van der Waals surface area (Å²) in [6.45, 7) is 0. The standard InChI is InChI=1S/C10H8O3/c11-9-5-8(10(12)13)6-3-1-2-4-7(6)9/h1-4,8H,5H2,(H,12,13)/p-1/t8-/m1/s1. The van der Waals surface area contributed by atoms with Crippen molar-refractivity contribution in [3.05, 3.63) is 35.4 Å². The van der Waals surface area contributed by atoms with Gasteiger partial charge in [-0.15, -0.1) is 0 Å². The van der Waals surface area contributed by atoms with Crippen LogP contribution < -0.4 is 5.11 Å². The van der Waals surface area contributed by atoms with Crippen molar-refractivity contribution in [2.24, 2.45) is 0 Å². The number of benzene rings is 1. The van der Waals surface area contributed by atoms with Gasteiger partial charge in [0.05, 0.1) is 0 Å². The van der Waals surface area contributed by atoms with E-state index in [1.165, 1.54) is 0 Å². The fourth-order valence-corrected chi connectivity index (χ4v) is 1.67. The van der Waals surface area contributed by atoms with Gasteiger partial charge in [0.25, 0.3) is 0 Å². The van der Waals surface area contributed by atoms with Crippen LogP contribution in [0.25, 0.3) is 0 Å². The molecule has 1 aromatic rings. The van der Waals surface area contributed by atoms with E-state index >= 15 is 0 Å². The van der Waals surface area contributed by atoms with Crippen LogP contribution in [0.15, 0.2) is 24.3 Å². The van der Waals surface area contributed by atoms with Crippen LogP contribution in [0.4, 0.5) is 0 Å². The molecule has 13 heavy (non-hydrogen) atoms. The Kier molecular flexibility index (Phi) is 1.65. The van der Waals surface area contributed by atoms with E-state index in [2.05, 4.69) is 0 Å². The average molecular weight is 175 g/mol. The van der Waals surface area contributed by atoms with Gasteiger partial charge in [0.15, 0.2) is 5.78 Å². The largest absolute Gasteiger partial charge is 0.549 e. The Morgan fingerprint density at radius 3 is 2.77 bits per heavy atom. The van der Waals surface area contributed by atoms with Gasteiger partial charge in [-0.3, -0.25) is 4.79 Å². The highest BCUT2D eigenvalue weighted by atomic mass is 16.4. The number of carbonyl (C=O) groups is 2. The molecule has 1 aromatic carbocycles. The Bertz CT molecular complexity index is 382. The summed E-state index contributed by atoms with van der Waals surface area (Å²) in [5.41, 5.74) is 1.12. The summed E-state index contributed by atoms with van der Waals surface area (Å²) >= 11 is 0. The zero-order chi connectivity index (χ0) is 9.42. The van der Waals surface area contributed by atoms with Gasteiger partial charge in [0.2, 0.25) is 0 Å². The second-order valence-corrected chi connectivity index (χ2v) is 3.09. The third-order valence-electron chi connectivity index (χ3n) is 2.31. The van der Waals surface area contributed by atoms with Gasteiger partial charge < -0.3 is 9.90 Å². The molecule has 0 aromatic heterocycles. The van der Waals surface area contributed by atoms with E-state index < -0.39 is 11.9 Å². The first kappa shape index (κ1) is 7.98. The van der Waals surface area contributed by atoms with Crippen LogP contribution in [0.5, 0.6) is 0 Å². The molecule has 0 radical (unpaired) electrons. The zero-order valence-corrected chi connectivity index (χ0v) is 6.82. The molecule has 3 nitrogen and oxygen atoms in total. The van der Waals surface area contributed by atoms with Gasteiger partial charge in [0, 0.05) is 23.9 Å². The lowest BCUT2D eigenvalue weighted by Crippen LogP contribution is -2.28. The van der Waals surface area contributed by atoms with Crippen molar-refractivity contribution in [2.45, 2.75) is 12.3 Å². The number of aliphatic carboxylic acids is 1. The SMILES string of the molecule is O=C1C[C@@H](C(=O)[O-])c2ccccc21. The Labute approximate surface area is 75.0 Å². The van der Waals surface area contributed by atoms with Crippen molar-refractivity contribution in [1.29, 1.82) is 0 Å². The van der Waals surface area contributed by atoms with Crippen molar-refractivity contribution < 1.29 is 14.7 Å². The molecule has 1 aliphatic carbocycles. The van der Waals surface area contributed by atoms with Gasteiger partial charge in [-0.25, -0.2) is 0 Å². The van der Waals surface area contributed by atoms with Gasteiger partial charge >= 0.3 is 0 Å². The summed E-state index contributed by atoms with van der Waals surface area (Å²) in [5.74, 6) is -2.02. The minimum atomic E-state index is -1.17. The molecule has 1 atom stereocenters. The number of hydrogen-bond donors (Lipinski definition) is 0. The predicted octanol–water partition coefficient (Wildman–Crippen LogP) is 0.106. The van der Waals surface area contributed by atoms with Crippen molar-refractivity contribution in [2.75, 3.05) is 0 Å². The van der Waals surface area contributed by atoms with Crippen LogP contribution in [-0.4, -0.2) is 11.8 Å². The first-order valence-electron chi connectivity index (χ1n) is 4.03. The van der Waals surface area contributed by atoms with E-state index in [0.29, 0.717) is 11.1 Å². The maximum atomic E-state index is 11.3. The maximum Gasteiger partial charge on any atom is 0.164 e. The van der Waals surface area contributed by atoms with Gasteiger partial charge in [-0.05, 0) is 5.56 Å². The number of Topliss-reactive ketones (excluding diaryl/α,β-unsaturated/α-hetero) is 1. The lowest BCUT2D eigenvalue weighted by atomic mass is 10.0. The fraction of sp³-hybridized carbons (Fsp3) is 0.200. The highest BCUT2D eigenvalue weighted by molar-refractivity contribution is 6.05. The van der Waals surface area contributed by atoms with Gasteiger partial charge in [-0.2, -0.15) is 0 Å². The number of carboxylic acids is 1. The molecule has 0 saturated carbocycles. The molecule has 0 bridgehead atoms. The van der Waals surface area contributed by atoms with Crippen LogP contribution in [-0.2, 0) is 4.79 Å². The summed E-state index contributed by atoms with van der Waals surface area (Å²) in [7, 11) is 0. The number of rotatable bonds is 1. The van der Waals surface area contributed by atoms with Crippen molar-refractivity contribution in [3.63, 3.8) is 0 Å². The topological polar surface area (TPSA) is 57.2 Å². The molecule has 0 N–H and O–H groups in total. The summed E-state index contributed by atoms with van der Waals surface area (Å²) in [5, 5.41) is 10.6. The Morgan fingerprint density at radius 2 is 2.08 bits per heavy atom. The van der Waals surface area contributed by atoms with Crippen molar-refractivity contribution in [1.82, 2.24) is 0 Å². The van der Waals surface area contributed by atoms with Crippen LogP contribution in [0, 0.1) is 0 Å². The first-order valence-corrected chi connectivity index (χ1v) is 4.03. The Hall–Kier alpha value is -1.64. The Balaban J connectivity index is 2.53. The molecule has 0 heterocycles. The van der Waals surface area contributed by atoms with E-state index in [0.717, 1.165) is 0 Å². The minimum Gasteiger partial charge on any atom is -0.549 e. The van der Waals surface area contributed by atoms with E-state index in [1.54, 1.807) is 24.3 Å². The summed E-state index contributed by atoms with van der Waals surface area (Å²) in [6.07, 6.45) is 0.0433. The molecule has 0 amide bonds. The van der Waals surface area contributed by atoms with Crippen LogP contribution in [0.1, 0.15) is 28.3 Å². The summed E-state index contributed by atoms with van der Waals surface area (Å²) in [4.78, 5) is 21.9. The minimum absolute atomic E-state index is 0.0433. The molecule has 3 heteroatoms. The quantitative estimate of drug-likeness (QED) is 0.608. The molecule has 0 fully saturated rings. The fourth-order valence-electron chi connectivity index (χ4n) is 1.67. The molecule has 0 saturated heterocycles. The first-order chi connectivity index (χ1) is 6.20. The molecule has 2 rings (SSSR count). The normalized spacial score (nSPS) is 20.0. The van der Waals surface area contributed by atoms with E-state index in [9.17, 15) is 14.7 Å². The van der Waals surface area contributed by atoms with E-state index in [1.807, 2.05) is 0 Å². The van der Waals surface area contributed by atoms with Crippen molar-refractivity contribution in [3.8, 4) is 0 Å². The summed E-state index contributed by atoms with van der Waals surface area (Å²) < 4.78 is 0. The third kappa shape index (κ3) is 1.13. The number of fused-ring (bicyclic) bond motifs is 1. The van der Waals surface area contributed by atoms with Crippen molar-refractivity contribution >= 4 is 11.8 Å². The second-order valence-electron chi connectivity index (χ2n) is 3.09. The lowest BCUT2D eigenvalue weighted by Gasteiger charge is -2.10. The molecule has 1 aliphatic rings. The van der Waals surface area contributed by atoms with E-state index in [4.69, 9.17) is 0 Å². The lowest BCUT2D eigenvalue weighted by molar-refractivity contribution is -0.307. The molecule has 0 aliphatic heterocycles. The predicted molar refractivity (Wildman–Crippen MR) is 43.1 cm³/mol. The molecular weight excluding hydrogens is 168 g/mol. The Morgan fingerprint density at radius 1 is 1.38 bits per heavy atom. The molecular formula is C10H7O3-. The average Bonchev–Trinajstić information content (AvgIpc) is 2.45. The second kappa shape index (κ2) is 2.69. The van der Waals surface area contributed by atoms with E-state index in [-0.39, 0.29) is 12.2 Å². The number of hydrogen-bond acceptors (Lipinski definition) is 3. The van der Waals surface area contributed by atoms with Gasteiger partial charge in [0.1, 0.15) is 0 Å². The number of carbonyl (C=O) groups excluding carboxylic acids is 2. The van der Waals surface area contributed by atoms with Crippen LogP contribution in [0.3, 0.4) is 0 Å². The number of ketones is 1. The smallest absolute Gasteiger partial charge is 0.164 e. The molecule has 66 valence electrons. The highest BCUT2D eigenvalue weighted by Crippen LogP contribution is 2.31.